The maximum atomic E-state index is 12.5. The molecule has 0 saturated heterocycles. The molecule has 3 aromatic rings. The quantitative estimate of drug-likeness (QED) is 0.588. The Hall–Kier alpha value is -3.34. The normalized spacial score (nSPS) is 12.1. The van der Waals surface area contributed by atoms with Gasteiger partial charge in [0.2, 0.25) is 5.91 Å². The van der Waals surface area contributed by atoms with Crippen LogP contribution in [0, 0.1) is 0 Å². The highest BCUT2D eigenvalue weighted by Crippen LogP contribution is 2.24. The minimum Gasteiger partial charge on any atom is -0.496 e. The maximum Gasteiger partial charge on any atom is 0.244 e. The van der Waals surface area contributed by atoms with Crippen molar-refractivity contribution in [2.24, 2.45) is 0 Å². The average molecular weight is 375 g/mol. The Morgan fingerprint density at radius 1 is 1.25 bits per heavy atom. The van der Waals surface area contributed by atoms with Gasteiger partial charge in [0.25, 0.3) is 0 Å². The molecule has 1 atom stereocenters. The molecule has 0 fully saturated rings. The highest BCUT2D eigenvalue weighted by atomic mass is 16.5. The zero-order valence-electron chi connectivity index (χ0n) is 16.2. The third-order valence-corrected chi connectivity index (χ3v) is 4.53. The molecule has 5 heteroatoms. The summed E-state index contributed by atoms with van der Waals surface area (Å²) in [5.41, 5.74) is 2.91. The number of nitrogens with one attached hydrogen (secondary N) is 1. The van der Waals surface area contributed by atoms with Gasteiger partial charge in [-0.05, 0) is 30.2 Å². The second-order valence-corrected chi connectivity index (χ2v) is 6.49. The molecular weight excluding hydrogens is 350 g/mol. The topological polar surface area (TPSA) is 56.2 Å². The summed E-state index contributed by atoms with van der Waals surface area (Å²) in [5.74, 6) is 0.575. The number of imidazole rings is 1. The number of carbonyl (C=O) groups excluding carboxylic acids is 1. The van der Waals surface area contributed by atoms with Gasteiger partial charge in [-0.3, -0.25) is 4.79 Å². The van der Waals surface area contributed by atoms with Crippen molar-refractivity contribution in [2.45, 2.75) is 25.8 Å². The van der Waals surface area contributed by atoms with Crippen molar-refractivity contribution in [3.8, 4) is 11.4 Å². The Bertz CT molecular complexity index is 918. The van der Waals surface area contributed by atoms with E-state index >= 15 is 0 Å². The van der Waals surface area contributed by atoms with Gasteiger partial charge in [0.05, 0.1) is 25.2 Å². The standard InChI is InChI=1S/C23H25N3O2/c1-3-7-21(18-8-5-4-6-9-18)25-23(27)13-11-19-10-12-20(16-22(19)28-2)26-15-14-24-17-26/h4-6,8-17,21H,3,7H2,1-2H3,(H,25,27)/b13-11+. The van der Waals surface area contributed by atoms with Crippen LogP contribution in [0.15, 0.2) is 73.3 Å². The lowest BCUT2D eigenvalue weighted by Gasteiger charge is -2.17. The lowest BCUT2D eigenvalue weighted by molar-refractivity contribution is -0.117. The summed E-state index contributed by atoms with van der Waals surface area (Å²) in [4.78, 5) is 16.5. The van der Waals surface area contributed by atoms with Gasteiger partial charge >= 0.3 is 0 Å². The monoisotopic (exact) mass is 375 g/mol. The van der Waals surface area contributed by atoms with E-state index in [0.29, 0.717) is 5.75 Å². The van der Waals surface area contributed by atoms with E-state index in [0.717, 1.165) is 29.7 Å². The summed E-state index contributed by atoms with van der Waals surface area (Å²) < 4.78 is 7.39. The highest BCUT2D eigenvalue weighted by Gasteiger charge is 2.12. The second-order valence-electron chi connectivity index (χ2n) is 6.49. The number of rotatable bonds is 8. The van der Waals surface area contributed by atoms with E-state index in [4.69, 9.17) is 4.74 Å². The van der Waals surface area contributed by atoms with Gasteiger partial charge in [0.15, 0.2) is 0 Å². The summed E-state index contributed by atoms with van der Waals surface area (Å²) in [6.07, 6.45) is 10.5. The number of carbonyl (C=O) groups is 1. The summed E-state index contributed by atoms with van der Waals surface area (Å²) in [7, 11) is 1.62. The molecule has 0 saturated carbocycles. The van der Waals surface area contributed by atoms with Gasteiger partial charge in [0.1, 0.15) is 5.75 Å². The van der Waals surface area contributed by atoms with Crippen LogP contribution >= 0.6 is 0 Å². The number of ether oxygens (including phenoxy) is 1. The fourth-order valence-electron chi connectivity index (χ4n) is 3.09. The summed E-state index contributed by atoms with van der Waals surface area (Å²) >= 11 is 0. The molecule has 0 bridgehead atoms. The molecule has 0 spiro atoms. The molecule has 144 valence electrons. The van der Waals surface area contributed by atoms with Crippen molar-refractivity contribution in [1.82, 2.24) is 14.9 Å². The molecule has 0 aliphatic heterocycles. The van der Waals surface area contributed by atoms with Crippen molar-refractivity contribution in [1.29, 1.82) is 0 Å². The van der Waals surface area contributed by atoms with Crippen LogP contribution in [0.2, 0.25) is 0 Å². The lowest BCUT2D eigenvalue weighted by atomic mass is 10.0. The van der Waals surface area contributed by atoms with Crippen LogP contribution < -0.4 is 10.1 Å². The SMILES string of the molecule is CCCC(NC(=O)/C=C/c1ccc(-n2ccnc2)cc1OC)c1ccccc1. The van der Waals surface area contributed by atoms with Crippen LogP contribution in [0.4, 0.5) is 0 Å². The van der Waals surface area contributed by atoms with Crippen LogP contribution in [0.3, 0.4) is 0 Å². The Morgan fingerprint density at radius 3 is 2.75 bits per heavy atom. The Kier molecular flexibility index (Phi) is 6.63. The Balaban J connectivity index is 1.72. The van der Waals surface area contributed by atoms with Gasteiger partial charge < -0.3 is 14.6 Å². The number of aromatic nitrogens is 2. The number of amides is 1. The molecule has 1 unspecified atom stereocenters. The largest absolute Gasteiger partial charge is 0.496 e. The third-order valence-electron chi connectivity index (χ3n) is 4.53. The van der Waals surface area contributed by atoms with Crippen LogP contribution in [-0.2, 0) is 4.79 Å². The summed E-state index contributed by atoms with van der Waals surface area (Å²) in [6.45, 7) is 2.12. The smallest absolute Gasteiger partial charge is 0.244 e. The van der Waals surface area contributed by atoms with E-state index in [-0.39, 0.29) is 11.9 Å². The van der Waals surface area contributed by atoms with Gasteiger partial charge in [-0.1, -0.05) is 43.7 Å². The first kappa shape index (κ1) is 19.4. The van der Waals surface area contributed by atoms with Crippen molar-refractivity contribution in [3.05, 3.63) is 84.5 Å². The van der Waals surface area contributed by atoms with E-state index in [1.807, 2.05) is 59.3 Å². The molecule has 1 N–H and O–H groups in total. The van der Waals surface area contributed by atoms with E-state index in [1.165, 1.54) is 0 Å². The first-order chi connectivity index (χ1) is 13.7. The van der Waals surface area contributed by atoms with Crippen LogP contribution in [0.5, 0.6) is 5.75 Å². The lowest BCUT2D eigenvalue weighted by Crippen LogP contribution is -2.26. The van der Waals surface area contributed by atoms with Crippen LogP contribution in [0.1, 0.15) is 36.9 Å². The van der Waals surface area contributed by atoms with Gasteiger partial charge in [-0.2, -0.15) is 0 Å². The van der Waals surface area contributed by atoms with Gasteiger partial charge in [-0.15, -0.1) is 0 Å². The molecule has 5 nitrogen and oxygen atoms in total. The molecule has 3 rings (SSSR count). The molecule has 2 aromatic carbocycles. The second kappa shape index (κ2) is 9.55. The number of nitrogens with zero attached hydrogens (tertiary/aromatic N) is 2. The first-order valence-corrected chi connectivity index (χ1v) is 9.41. The average Bonchev–Trinajstić information content (AvgIpc) is 3.27. The van der Waals surface area contributed by atoms with Crippen LogP contribution in [0.25, 0.3) is 11.8 Å². The zero-order chi connectivity index (χ0) is 19.8. The van der Waals surface area contributed by atoms with Gasteiger partial charge in [0, 0.05) is 30.1 Å². The van der Waals surface area contributed by atoms with E-state index in [2.05, 4.69) is 17.2 Å². The molecule has 0 radical (unpaired) electrons. The van der Waals surface area contributed by atoms with E-state index in [1.54, 1.807) is 31.8 Å². The predicted molar refractivity (Wildman–Crippen MR) is 111 cm³/mol. The van der Waals surface area contributed by atoms with Crippen LogP contribution in [-0.4, -0.2) is 22.6 Å². The maximum absolute atomic E-state index is 12.5. The van der Waals surface area contributed by atoms with Gasteiger partial charge in [-0.25, -0.2) is 4.98 Å². The highest BCUT2D eigenvalue weighted by molar-refractivity contribution is 5.92. The fourth-order valence-corrected chi connectivity index (χ4v) is 3.09. The van der Waals surface area contributed by atoms with Crippen molar-refractivity contribution < 1.29 is 9.53 Å². The minimum atomic E-state index is -0.122. The molecule has 1 aromatic heterocycles. The molecule has 0 aliphatic carbocycles. The molecule has 0 aliphatic rings. The Morgan fingerprint density at radius 2 is 2.07 bits per heavy atom. The van der Waals surface area contributed by atoms with E-state index < -0.39 is 0 Å². The van der Waals surface area contributed by atoms with Crippen molar-refractivity contribution in [2.75, 3.05) is 7.11 Å². The molecule has 1 amide bonds. The fraction of sp³-hybridized carbons (Fsp3) is 0.217. The first-order valence-electron chi connectivity index (χ1n) is 9.41. The minimum absolute atomic E-state index is 0.00821. The van der Waals surface area contributed by atoms with Crippen molar-refractivity contribution >= 4 is 12.0 Å². The number of hydrogen-bond donors (Lipinski definition) is 1. The molecule has 1 heterocycles. The predicted octanol–water partition coefficient (Wildman–Crippen LogP) is 4.55. The summed E-state index contributed by atoms with van der Waals surface area (Å²) in [6, 6.07) is 15.9. The van der Waals surface area contributed by atoms with E-state index in [9.17, 15) is 4.79 Å². The Labute approximate surface area is 165 Å². The van der Waals surface area contributed by atoms with Crippen molar-refractivity contribution in [3.63, 3.8) is 0 Å². The number of hydrogen-bond acceptors (Lipinski definition) is 3. The number of methoxy groups -OCH3 is 1. The number of benzene rings is 2. The third kappa shape index (κ3) is 4.88. The molecule has 28 heavy (non-hydrogen) atoms. The molecular formula is C23H25N3O2. The summed E-state index contributed by atoms with van der Waals surface area (Å²) in [5, 5.41) is 3.10. The zero-order valence-corrected chi connectivity index (χ0v) is 16.2.